The van der Waals surface area contributed by atoms with Gasteiger partial charge in [-0.1, -0.05) is 108 Å². The summed E-state index contributed by atoms with van der Waals surface area (Å²) in [4.78, 5) is 14.3. The van der Waals surface area contributed by atoms with Crippen molar-refractivity contribution in [2.75, 3.05) is 6.61 Å². The molecule has 260 valence electrons. The largest absolute Gasteiger partial charge is 0.456 e. The van der Waals surface area contributed by atoms with Crippen LogP contribution in [0.25, 0.3) is 0 Å². The van der Waals surface area contributed by atoms with Crippen molar-refractivity contribution < 1.29 is 29.2 Å². The average molecular weight is 657 g/mol. The zero-order valence-corrected chi connectivity index (χ0v) is 30.3. The first kappa shape index (κ1) is 34.0. The lowest BCUT2D eigenvalue weighted by atomic mass is 9.37. The summed E-state index contributed by atoms with van der Waals surface area (Å²) < 4.78 is 19.3. The molecule has 2 saturated heterocycles. The molecule has 0 amide bonds. The number of carbonyl (C=O) groups is 1. The predicted molar refractivity (Wildman–Crippen MR) is 186 cm³/mol. The van der Waals surface area contributed by atoms with Gasteiger partial charge in [0.1, 0.15) is 6.10 Å². The van der Waals surface area contributed by atoms with Crippen LogP contribution in [0.2, 0.25) is 0 Å². The molecule has 48 heavy (non-hydrogen) atoms. The summed E-state index contributed by atoms with van der Waals surface area (Å²) in [6, 6.07) is 20.5. The third kappa shape index (κ3) is 4.68. The van der Waals surface area contributed by atoms with Gasteiger partial charge in [-0.2, -0.15) is 0 Å². The van der Waals surface area contributed by atoms with Crippen LogP contribution in [0.4, 0.5) is 0 Å². The average Bonchev–Trinajstić information content (AvgIpc) is 3.38. The highest BCUT2D eigenvalue weighted by Crippen LogP contribution is 2.71. The Bertz CT molecular complexity index is 1580. The van der Waals surface area contributed by atoms with E-state index in [1.807, 2.05) is 45.0 Å². The van der Waals surface area contributed by atoms with Gasteiger partial charge >= 0.3 is 5.97 Å². The lowest BCUT2D eigenvalue weighted by Crippen LogP contribution is -2.73. The van der Waals surface area contributed by atoms with Crippen molar-refractivity contribution in [1.82, 2.24) is 0 Å². The number of benzene rings is 2. The fourth-order valence-electron chi connectivity index (χ4n) is 11.7. The molecule has 4 fully saturated rings. The van der Waals surface area contributed by atoms with Crippen LogP contribution >= 0.6 is 0 Å². The minimum atomic E-state index is -1.30. The third-order valence-electron chi connectivity index (χ3n) is 14.3. The van der Waals surface area contributed by atoms with Gasteiger partial charge in [0.2, 0.25) is 0 Å². The molecule has 0 radical (unpaired) electrons. The molecule has 2 aromatic rings. The summed E-state index contributed by atoms with van der Waals surface area (Å²) in [5.41, 5.74) is 0.811. The zero-order valence-electron chi connectivity index (χ0n) is 30.3. The summed E-state index contributed by atoms with van der Waals surface area (Å²) in [7, 11) is 0. The number of aliphatic hydroxyl groups excluding tert-OH is 1. The van der Waals surface area contributed by atoms with Gasteiger partial charge in [-0.25, -0.2) is 4.79 Å². The number of aliphatic hydroxyl groups is 2. The second kappa shape index (κ2) is 11.2. The van der Waals surface area contributed by atoms with Crippen molar-refractivity contribution >= 4 is 5.97 Å². The Balaban J connectivity index is 1.37. The molecule has 0 spiro atoms. The fourth-order valence-corrected chi connectivity index (χ4v) is 11.7. The molecule has 2 saturated carbocycles. The molecule has 6 nitrogen and oxygen atoms in total. The normalized spacial score (nSPS) is 44.4. The Hall–Kier alpha value is -2.51. The van der Waals surface area contributed by atoms with Crippen LogP contribution in [0.5, 0.6) is 0 Å². The second-order valence-electron chi connectivity index (χ2n) is 17.7. The van der Waals surface area contributed by atoms with Crippen LogP contribution in [0.3, 0.4) is 0 Å². The Morgan fingerprint density at radius 2 is 1.50 bits per heavy atom. The molecule has 2 N–H and O–H groups in total. The molecule has 7 rings (SSSR count). The van der Waals surface area contributed by atoms with Crippen molar-refractivity contribution in [2.45, 2.75) is 129 Å². The van der Waals surface area contributed by atoms with Crippen LogP contribution in [-0.4, -0.2) is 58.4 Å². The number of rotatable bonds is 4. The lowest BCUT2D eigenvalue weighted by Gasteiger charge is -2.71. The summed E-state index contributed by atoms with van der Waals surface area (Å²) >= 11 is 0. The molecule has 2 heterocycles. The number of esters is 1. The number of carbonyl (C=O) groups excluding carboxylic acids is 1. The lowest BCUT2D eigenvalue weighted by molar-refractivity contribution is -0.306. The Kier molecular flexibility index (Phi) is 7.96. The number of hydrogen-bond donors (Lipinski definition) is 2. The number of hydrogen-bond acceptors (Lipinski definition) is 6. The summed E-state index contributed by atoms with van der Waals surface area (Å²) in [5, 5.41) is 26.5. The molecule has 2 aliphatic heterocycles. The Labute approximate surface area is 287 Å². The van der Waals surface area contributed by atoms with E-state index in [1.165, 1.54) is 0 Å². The third-order valence-corrected chi connectivity index (χ3v) is 14.3. The summed E-state index contributed by atoms with van der Waals surface area (Å²) in [5.74, 6) is -1.05. The number of ether oxygens (including phenoxy) is 3. The maximum absolute atomic E-state index is 14.3. The SMILES string of the molecule is CC1=C2[C@@H](C)[C@H](O)[C@@]3(C)C(C(c4ccccc4)[C@](O)(C[C@@H]1OC(=O)[C@@H]1OC(C)(C)C[C@H]1c1ccccc1)C2(C)C)[C@]1(C)CO[C@@H]1C[C@@H]3C. The molecule has 5 aliphatic rings. The van der Waals surface area contributed by atoms with Gasteiger partial charge in [-0.05, 0) is 62.1 Å². The van der Waals surface area contributed by atoms with E-state index in [4.69, 9.17) is 14.2 Å². The van der Waals surface area contributed by atoms with E-state index in [0.29, 0.717) is 13.0 Å². The smallest absolute Gasteiger partial charge is 0.336 e. The van der Waals surface area contributed by atoms with E-state index < -0.39 is 46.3 Å². The standard InChI is InChI=1S/C42H56O6/c1-24-20-31-40(8,23-46-31)35-33(28-18-14-11-15-19-28)42(45)22-30(25(2)32(39(42,6)7)26(3)36(43)41(24,35)9)47-37(44)34-29(21-38(4,5)48-34)27-16-12-10-13-17-27/h10-19,24,26,29-31,33-36,43,45H,20-23H2,1-9H3/t24-,26+,29-,30-,31+,33?,34+,35?,36-,40+,41+,42+/m0/s1. The molecule has 3 aliphatic carbocycles. The Morgan fingerprint density at radius 3 is 2.08 bits per heavy atom. The van der Waals surface area contributed by atoms with Crippen LogP contribution in [-0.2, 0) is 19.0 Å². The molecule has 2 unspecified atom stereocenters. The zero-order chi connectivity index (χ0) is 34.6. The molecule has 0 aromatic heterocycles. The van der Waals surface area contributed by atoms with E-state index in [0.717, 1.165) is 28.7 Å². The second-order valence-corrected chi connectivity index (χ2v) is 17.7. The van der Waals surface area contributed by atoms with Crippen molar-refractivity contribution in [3.8, 4) is 0 Å². The Morgan fingerprint density at radius 1 is 0.896 bits per heavy atom. The van der Waals surface area contributed by atoms with E-state index in [1.54, 1.807) is 0 Å². The highest BCUT2D eigenvalue weighted by molar-refractivity contribution is 5.77. The highest BCUT2D eigenvalue weighted by atomic mass is 16.6. The van der Waals surface area contributed by atoms with Crippen LogP contribution < -0.4 is 0 Å². The first-order chi connectivity index (χ1) is 22.5. The van der Waals surface area contributed by atoms with Gasteiger partial charge in [-0.3, -0.25) is 0 Å². The maximum atomic E-state index is 14.3. The highest BCUT2D eigenvalue weighted by Gasteiger charge is 2.72. The van der Waals surface area contributed by atoms with Crippen molar-refractivity contribution in [3.63, 3.8) is 0 Å². The van der Waals surface area contributed by atoms with E-state index >= 15 is 0 Å². The molecular weight excluding hydrogens is 600 g/mol. The minimum Gasteiger partial charge on any atom is -0.456 e. The van der Waals surface area contributed by atoms with E-state index in [-0.39, 0.29) is 47.5 Å². The molecule has 6 heteroatoms. The van der Waals surface area contributed by atoms with Gasteiger partial charge in [-0.15, -0.1) is 0 Å². The van der Waals surface area contributed by atoms with E-state index in [2.05, 4.69) is 77.9 Å². The quantitative estimate of drug-likeness (QED) is 0.261. The van der Waals surface area contributed by atoms with Crippen LogP contribution in [0, 0.1) is 34.0 Å². The van der Waals surface area contributed by atoms with Gasteiger partial charge < -0.3 is 24.4 Å². The van der Waals surface area contributed by atoms with Crippen LogP contribution in [0.15, 0.2) is 71.8 Å². The first-order valence-corrected chi connectivity index (χ1v) is 18.2. The van der Waals surface area contributed by atoms with Gasteiger partial charge in [0.05, 0.1) is 30.0 Å². The van der Waals surface area contributed by atoms with Crippen molar-refractivity contribution in [3.05, 3.63) is 82.9 Å². The monoisotopic (exact) mass is 656 g/mol. The van der Waals surface area contributed by atoms with Crippen molar-refractivity contribution in [2.24, 2.45) is 34.0 Å². The fraction of sp³-hybridized carbons (Fsp3) is 0.643. The molecule has 2 aromatic carbocycles. The number of fused-ring (bicyclic) bond motifs is 5. The van der Waals surface area contributed by atoms with Gasteiger partial charge in [0.15, 0.2) is 6.10 Å². The molecule has 2 bridgehead atoms. The van der Waals surface area contributed by atoms with Gasteiger partial charge in [0, 0.05) is 40.4 Å². The van der Waals surface area contributed by atoms with E-state index in [9.17, 15) is 15.0 Å². The summed E-state index contributed by atoms with van der Waals surface area (Å²) in [6.45, 7) is 20.0. The minimum absolute atomic E-state index is 0.0668. The summed E-state index contributed by atoms with van der Waals surface area (Å²) in [6.07, 6.45) is -0.173. The predicted octanol–water partition coefficient (Wildman–Crippen LogP) is 7.59. The first-order valence-electron chi connectivity index (χ1n) is 18.2. The topological polar surface area (TPSA) is 85.2 Å². The molecular formula is C42H56O6. The van der Waals surface area contributed by atoms with Crippen molar-refractivity contribution in [1.29, 1.82) is 0 Å². The molecule has 12 atom stereocenters. The van der Waals surface area contributed by atoms with Gasteiger partial charge in [0.25, 0.3) is 0 Å². The maximum Gasteiger partial charge on any atom is 0.336 e. The van der Waals surface area contributed by atoms with Crippen LogP contribution in [0.1, 0.15) is 105 Å².